The Morgan fingerprint density at radius 2 is 2.13 bits per heavy atom. The molecule has 8 nitrogen and oxygen atoms in total. The number of aromatic nitrogens is 2. The summed E-state index contributed by atoms with van der Waals surface area (Å²) in [5, 5.41) is 14.1. The van der Waals surface area contributed by atoms with Gasteiger partial charge in [0.15, 0.2) is 11.1 Å². The minimum Gasteiger partial charge on any atom is -0.409 e. The third kappa shape index (κ3) is 8.70. The second kappa shape index (κ2) is 9.02. The summed E-state index contributed by atoms with van der Waals surface area (Å²) in [4.78, 5) is 11.3. The fourth-order valence-electron chi connectivity index (χ4n) is 1.29. The SMILES string of the molecule is NC(CCCSc1nccc(NC(N)=NCC(F)(F)F)n1)=NO. The molecule has 0 atom stereocenters. The molecule has 12 heteroatoms. The largest absolute Gasteiger partial charge is 0.409 e. The van der Waals surface area contributed by atoms with E-state index in [4.69, 9.17) is 16.7 Å². The van der Waals surface area contributed by atoms with Gasteiger partial charge in [0, 0.05) is 18.4 Å². The van der Waals surface area contributed by atoms with Gasteiger partial charge in [0.1, 0.15) is 18.2 Å². The van der Waals surface area contributed by atoms with Gasteiger partial charge in [0.2, 0.25) is 0 Å². The number of halogens is 3. The lowest BCUT2D eigenvalue weighted by atomic mass is 10.3. The van der Waals surface area contributed by atoms with Crippen molar-refractivity contribution in [2.45, 2.75) is 24.2 Å². The number of nitrogens with one attached hydrogen (secondary N) is 1. The van der Waals surface area contributed by atoms with Crippen LogP contribution in [0.4, 0.5) is 19.0 Å². The summed E-state index contributed by atoms with van der Waals surface area (Å²) >= 11 is 1.32. The molecule has 1 aromatic heterocycles. The highest BCUT2D eigenvalue weighted by atomic mass is 32.2. The molecule has 128 valence electrons. The zero-order chi connectivity index (χ0) is 17.3. The number of oxime groups is 1. The Balaban J connectivity index is 2.50. The molecule has 0 amide bonds. The molecule has 6 N–H and O–H groups in total. The van der Waals surface area contributed by atoms with Crippen LogP contribution >= 0.6 is 11.8 Å². The van der Waals surface area contributed by atoms with E-state index < -0.39 is 12.7 Å². The van der Waals surface area contributed by atoms with Crippen LogP contribution in [0.5, 0.6) is 0 Å². The molecule has 0 radical (unpaired) electrons. The van der Waals surface area contributed by atoms with Gasteiger partial charge >= 0.3 is 6.18 Å². The number of rotatable bonds is 7. The van der Waals surface area contributed by atoms with E-state index in [2.05, 4.69) is 25.4 Å². The Labute approximate surface area is 134 Å². The summed E-state index contributed by atoms with van der Waals surface area (Å²) in [6.07, 6.45) is -1.90. The van der Waals surface area contributed by atoms with E-state index in [1.807, 2.05) is 0 Å². The maximum atomic E-state index is 12.0. The fraction of sp³-hybridized carbons (Fsp3) is 0.455. The number of hydrogen-bond acceptors (Lipinski definition) is 6. The first-order valence-electron chi connectivity index (χ1n) is 6.36. The van der Waals surface area contributed by atoms with Crippen molar-refractivity contribution >= 4 is 29.4 Å². The Kier molecular flexibility index (Phi) is 7.38. The topological polar surface area (TPSA) is 135 Å². The predicted molar refractivity (Wildman–Crippen MR) is 81.6 cm³/mol. The number of hydrogen-bond donors (Lipinski definition) is 4. The molecule has 0 aromatic carbocycles. The number of guanidine groups is 1. The molecule has 0 saturated heterocycles. The molecule has 1 rings (SSSR count). The lowest BCUT2D eigenvalue weighted by Gasteiger charge is -2.07. The standard InChI is InChI=1S/C11H16F3N7OS/c12-11(13,14)6-18-9(16)19-8-3-4-17-10(20-8)23-5-1-2-7(15)21-22/h3-4,22H,1-2,5-6H2,(H2,15,21)(H3,16,17,18,19,20). The molecule has 0 unspecified atom stereocenters. The van der Waals surface area contributed by atoms with Crippen LogP contribution < -0.4 is 16.8 Å². The van der Waals surface area contributed by atoms with Crippen LogP contribution in [0.25, 0.3) is 0 Å². The van der Waals surface area contributed by atoms with Gasteiger partial charge in [-0.3, -0.25) is 0 Å². The molecular formula is C11H16F3N7OS. The number of alkyl halides is 3. The van der Waals surface area contributed by atoms with Crippen molar-refractivity contribution in [2.24, 2.45) is 21.6 Å². The van der Waals surface area contributed by atoms with Crippen LogP contribution in [0.15, 0.2) is 27.6 Å². The smallest absolute Gasteiger partial charge is 0.408 e. The fourth-order valence-corrected chi connectivity index (χ4v) is 2.06. The average molecular weight is 351 g/mol. The molecule has 0 bridgehead atoms. The van der Waals surface area contributed by atoms with Crippen molar-refractivity contribution in [2.75, 3.05) is 17.6 Å². The Morgan fingerprint density at radius 3 is 2.78 bits per heavy atom. The molecule has 0 aliphatic rings. The summed E-state index contributed by atoms with van der Waals surface area (Å²) in [5.74, 6) is 0.610. The predicted octanol–water partition coefficient (Wildman–Crippen LogP) is 1.38. The van der Waals surface area contributed by atoms with E-state index in [0.29, 0.717) is 23.8 Å². The van der Waals surface area contributed by atoms with Gasteiger partial charge in [0.25, 0.3) is 0 Å². The lowest BCUT2D eigenvalue weighted by Crippen LogP contribution is -2.26. The van der Waals surface area contributed by atoms with Crippen LogP contribution in [-0.2, 0) is 0 Å². The molecule has 0 aliphatic heterocycles. The number of nitrogens with zero attached hydrogens (tertiary/aromatic N) is 4. The molecule has 0 fully saturated rings. The maximum Gasteiger partial charge on any atom is 0.408 e. The van der Waals surface area contributed by atoms with Crippen LogP contribution in [0.1, 0.15) is 12.8 Å². The summed E-state index contributed by atoms with van der Waals surface area (Å²) in [7, 11) is 0. The van der Waals surface area contributed by atoms with Crippen molar-refractivity contribution in [3.63, 3.8) is 0 Å². The number of thioether (sulfide) groups is 1. The monoisotopic (exact) mass is 351 g/mol. The highest BCUT2D eigenvalue weighted by Crippen LogP contribution is 2.17. The van der Waals surface area contributed by atoms with Gasteiger partial charge in [-0.1, -0.05) is 16.9 Å². The van der Waals surface area contributed by atoms with Crippen molar-refractivity contribution in [1.82, 2.24) is 9.97 Å². The first-order chi connectivity index (χ1) is 10.8. The Bertz CT molecular complexity index is 565. The van der Waals surface area contributed by atoms with Gasteiger partial charge < -0.3 is 22.0 Å². The third-order valence-electron chi connectivity index (χ3n) is 2.26. The highest BCUT2D eigenvalue weighted by Gasteiger charge is 2.26. The molecule has 23 heavy (non-hydrogen) atoms. The van der Waals surface area contributed by atoms with E-state index in [9.17, 15) is 13.2 Å². The van der Waals surface area contributed by atoms with E-state index in [1.165, 1.54) is 24.0 Å². The lowest BCUT2D eigenvalue weighted by molar-refractivity contribution is -0.118. The summed E-state index contributed by atoms with van der Waals surface area (Å²) in [6.45, 7) is -1.37. The first-order valence-corrected chi connectivity index (χ1v) is 7.34. The molecule has 1 heterocycles. The Hall–Kier alpha value is -2.24. The third-order valence-corrected chi connectivity index (χ3v) is 3.20. The minimum absolute atomic E-state index is 0.135. The van der Waals surface area contributed by atoms with Gasteiger partial charge in [-0.05, 0) is 12.5 Å². The second-order valence-corrected chi connectivity index (χ2v) is 5.27. The normalized spacial score (nSPS) is 13.2. The maximum absolute atomic E-state index is 12.0. The van der Waals surface area contributed by atoms with Crippen molar-refractivity contribution < 1.29 is 18.4 Å². The molecule has 0 spiro atoms. The van der Waals surface area contributed by atoms with Gasteiger partial charge in [-0.15, -0.1) is 0 Å². The van der Waals surface area contributed by atoms with E-state index in [0.717, 1.165) is 0 Å². The van der Waals surface area contributed by atoms with Gasteiger partial charge in [-0.25, -0.2) is 15.0 Å². The molecule has 0 aliphatic carbocycles. The second-order valence-electron chi connectivity index (χ2n) is 4.21. The number of aliphatic imine (C=N–C) groups is 1. The molecule has 0 saturated carbocycles. The summed E-state index contributed by atoms with van der Waals surface area (Å²) < 4.78 is 36.1. The number of nitrogens with two attached hydrogens (primary N) is 2. The molecule has 1 aromatic rings. The summed E-state index contributed by atoms with van der Waals surface area (Å²) in [5.41, 5.74) is 10.7. The number of anilines is 1. The van der Waals surface area contributed by atoms with Gasteiger partial charge in [-0.2, -0.15) is 13.2 Å². The van der Waals surface area contributed by atoms with Crippen LogP contribution in [0.2, 0.25) is 0 Å². The van der Waals surface area contributed by atoms with Crippen LogP contribution in [0.3, 0.4) is 0 Å². The van der Waals surface area contributed by atoms with Gasteiger partial charge in [0.05, 0.1) is 0 Å². The minimum atomic E-state index is -4.42. The summed E-state index contributed by atoms with van der Waals surface area (Å²) in [6, 6.07) is 1.45. The first kappa shape index (κ1) is 18.8. The average Bonchev–Trinajstić information content (AvgIpc) is 2.49. The molecular weight excluding hydrogens is 335 g/mol. The zero-order valence-corrected chi connectivity index (χ0v) is 12.7. The van der Waals surface area contributed by atoms with Crippen molar-refractivity contribution in [1.29, 1.82) is 0 Å². The quantitative estimate of drug-likeness (QED) is 0.111. The van der Waals surface area contributed by atoms with Crippen LogP contribution in [-0.4, -0.2) is 45.4 Å². The van der Waals surface area contributed by atoms with Crippen LogP contribution in [0, 0.1) is 0 Å². The van der Waals surface area contributed by atoms with E-state index >= 15 is 0 Å². The Morgan fingerprint density at radius 1 is 1.39 bits per heavy atom. The highest BCUT2D eigenvalue weighted by molar-refractivity contribution is 7.99. The number of amidine groups is 1. The van der Waals surface area contributed by atoms with Crippen molar-refractivity contribution in [3.05, 3.63) is 12.3 Å². The van der Waals surface area contributed by atoms with E-state index in [-0.39, 0.29) is 17.6 Å². The van der Waals surface area contributed by atoms with Crippen molar-refractivity contribution in [3.8, 4) is 0 Å². The zero-order valence-electron chi connectivity index (χ0n) is 11.9. The van der Waals surface area contributed by atoms with E-state index in [1.54, 1.807) is 0 Å².